The Hall–Kier alpha value is -2.74. The molecule has 0 aliphatic rings. The van der Waals surface area contributed by atoms with Gasteiger partial charge in [-0.1, -0.05) is 13.8 Å². The first-order valence-corrected chi connectivity index (χ1v) is 7.97. The molecule has 8 heteroatoms. The Kier molecular flexibility index (Phi) is 5.87. The summed E-state index contributed by atoms with van der Waals surface area (Å²) in [5.74, 6) is -1.94. The van der Waals surface area contributed by atoms with Crippen molar-refractivity contribution in [3.8, 4) is 5.69 Å². The molecule has 0 spiro atoms. The van der Waals surface area contributed by atoms with E-state index in [-0.39, 0.29) is 12.2 Å². The molecule has 0 amide bonds. The van der Waals surface area contributed by atoms with Gasteiger partial charge < -0.3 is 10.0 Å². The molecule has 25 heavy (non-hydrogen) atoms. The molecule has 0 aliphatic carbocycles. The largest absolute Gasteiger partial charge is 0.477 e. The highest BCUT2D eigenvalue weighted by atomic mass is 19.1. The van der Waals surface area contributed by atoms with Gasteiger partial charge in [-0.15, -0.1) is 0 Å². The summed E-state index contributed by atoms with van der Waals surface area (Å²) in [6.07, 6.45) is 1.07. The maximum Gasteiger partial charge on any atom is 0.342 e. The fraction of sp³-hybridized carbons (Fsp3) is 0.353. The number of rotatable bonds is 7. The SMILES string of the molecule is CCN(CC)CCn1cc(C(=O)O)c(=O)n(-c2ccc(F)cc2)c1=O. The Balaban J connectivity index is 2.58. The number of hydrogen-bond donors (Lipinski definition) is 1. The van der Waals surface area contributed by atoms with Crippen LogP contribution in [0.2, 0.25) is 0 Å². The number of halogens is 1. The van der Waals surface area contributed by atoms with Crippen LogP contribution in [0.5, 0.6) is 0 Å². The second-order valence-corrected chi connectivity index (χ2v) is 5.47. The molecular formula is C17H20FN3O4. The quantitative estimate of drug-likeness (QED) is 0.811. The van der Waals surface area contributed by atoms with Crippen molar-refractivity contribution >= 4 is 5.97 Å². The molecule has 0 radical (unpaired) electrons. The van der Waals surface area contributed by atoms with Crippen molar-refractivity contribution < 1.29 is 14.3 Å². The summed E-state index contributed by atoms with van der Waals surface area (Å²) < 4.78 is 15.1. The van der Waals surface area contributed by atoms with Crippen molar-refractivity contribution in [1.82, 2.24) is 14.0 Å². The minimum atomic E-state index is -1.42. The molecule has 134 valence electrons. The number of likely N-dealkylation sites (N-methyl/N-ethyl adjacent to an activating group) is 1. The topological polar surface area (TPSA) is 84.5 Å². The van der Waals surface area contributed by atoms with Gasteiger partial charge in [0.25, 0.3) is 5.56 Å². The summed E-state index contributed by atoms with van der Waals surface area (Å²) in [7, 11) is 0. The van der Waals surface area contributed by atoms with E-state index < -0.39 is 28.6 Å². The minimum absolute atomic E-state index is 0.121. The van der Waals surface area contributed by atoms with Crippen LogP contribution in [-0.4, -0.2) is 44.7 Å². The molecule has 1 aromatic heterocycles. The Morgan fingerprint density at radius 1 is 1.16 bits per heavy atom. The molecule has 1 heterocycles. The lowest BCUT2D eigenvalue weighted by Crippen LogP contribution is -2.42. The first-order valence-electron chi connectivity index (χ1n) is 7.97. The van der Waals surface area contributed by atoms with E-state index >= 15 is 0 Å². The van der Waals surface area contributed by atoms with Crippen molar-refractivity contribution in [2.24, 2.45) is 0 Å². The van der Waals surface area contributed by atoms with Crippen LogP contribution in [0.1, 0.15) is 24.2 Å². The summed E-state index contributed by atoms with van der Waals surface area (Å²) in [5.41, 5.74) is -1.99. The van der Waals surface area contributed by atoms with Gasteiger partial charge in [-0.25, -0.2) is 18.5 Å². The normalized spacial score (nSPS) is 11.0. The van der Waals surface area contributed by atoms with Crippen molar-refractivity contribution in [2.75, 3.05) is 19.6 Å². The molecule has 0 saturated carbocycles. The fourth-order valence-corrected chi connectivity index (χ4v) is 2.52. The molecule has 1 N–H and O–H groups in total. The van der Waals surface area contributed by atoms with Gasteiger partial charge in [-0.3, -0.25) is 9.36 Å². The summed E-state index contributed by atoms with van der Waals surface area (Å²) >= 11 is 0. The van der Waals surface area contributed by atoms with E-state index in [2.05, 4.69) is 4.90 Å². The number of hydrogen-bond acceptors (Lipinski definition) is 4. The number of aromatic nitrogens is 2. The van der Waals surface area contributed by atoms with Gasteiger partial charge in [-0.2, -0.15) is 0 Å². The molecule has 2 aromatic rings. The zero-order valence-corrected chi connectivity index (χ0v) is 14.1. The molecule has 2 rings (SSSR count). The van der Waals surface area contributed by atoms with Crippen LogP contribution < -0.4 is 11.2 Å². The monoisotopic (exact) mass is 349 g/mol. The zero-order chi connectivity index (χ0) is 18.6. The van der Waals surface area contributed by atoms with Crippen LogP contribution in [0.3, 0.4) is 0 Å². The Labute approximate surface area is 143 Å². The molecule has 0 saturated heterocycles. The van der Waals surface area contributed by atoms with Crippen molar-refractivity contribution in [3.63, 3.8) is 0 Å². The highest BCUT2D eigenvalue weighted by Crippen LogP contribution is 2.05. The molecule has 0 aliphatic heterocycles. The molecule has 7 nitrogen and oxygen atoms in total. The average Bonchev–Trinajstić information content (AvgIpc) is 2.58. The standard InChI is InChI=1S/C17H20FN3O4/c1-3-19(4-2)9-10-20-11-14(16(23)24)15(22)21(17(20)25)13-7-5-12(18)6-8-13/h5-8,11H,3-4,9-10H2,1-2H3,(H,23,24). The van der Waals surface area contributed by atoms with E-state index in [1.54, 1.807) is 0 Å². The molecular weight excluding hydrogens is 329 g/mol. The van der Waals surface area contributed by atoms with E-state index in [1.165, 1.54) is 16.7 Å². The number of nitrogens with zero attached hydrogens (tertiary/aromatic N) is 3. The third kappa shape index (κ3) is 4.03. The summed E-state index contributed by atoms with van der Waals surface area (Å²) in [6.45, 7) is 6.31. The van der Waals surface area contributed by atoms with E-state index in [9.17, 15) is 23.9 Å². The van der Waals surface area contributed by atoms with E-state index in [0.717, 1.165) is 36.0 Å². The van der Waals surface area contributed by atoms with Gasteiger partial charge in [0, 0.05) is 19.3 Å². The lowest BCUT2D eigenvalue weighted by atomic mass is 10.3. The molecule has 0 fully saturated rings. The van der Waals surface area contributed by atoms with Gasteiger partial charge in [0.15, 0.2) is 0 Å². The summed E-state index contributed by atoms with van der Waals surface area (Å²) in [5, 5.41) is 9.27. The van der Waals surface area contributed by atoms with E-state index in [4.69, 9.17) is 0 Å². The Morgan fingerprint density at radius 3 is 2.28 bits per heavy atom. The van der Waals surface area contributed by atoms with Crippen molar-refractivity contribution in [2.45, 2.75) is 20.4 Å². The molecule has 0 bridgehead atoms. The van der Waals surface area contributed by atoms with Crippen LogP contribution in [-0.2, 0) is 6.54 Å². The second kappa shape index (κ2) is 7.89. The number of aromatic carboxylic acids is 1. The van der Waals surface area contributed by atoms with Gasteiger partial charge in [0.1, 0.15) is 11.4 Å². The minimum Gasteiger partial charge on any atom is -0.477 e. The van der Waals surface area contributed by atoms with Crippen molar-refractivity contribution in [1.29, 1.82) is 0 Å². The highest BCUT2D eigenvalue weighted by Gasteiger charge is 2.18. The third-order valence-corrected chi connectivity index (χ3v) is 4.02. The predicted octanol–water partition coefficient (Wildman–Crippen LogP) is 1.18. The second-order valence-electron chi connectivity index (χ2n) is 5.47. The first kappa shape index (κ1) is 18.6. The number of benzene rings is 1. The van der Waals surface area contributed by atoms with Crippen molar-refractivity contribution in [3.05, 3.63) is 62.7 Å². The van der Waals surface area contributed by atoms with Gasteiger partial charge >= 0.3 is 11.7 Å². The lowest BCUT2D eigenvalue weighted by molar-refractivity contribution is 0.0693. The number of carboxylic acid groups (broad SMARTS) is 1. The first-order chi connectivity index (χ1) is 11.9. The highest BCUT2D eigenvalue weighted by molar-refractivity contribution is 5.86. The average molecular weight is 349 g/mol. The Morgan fingerprint density at radius 2 is 1.76 bits per heavy atom. The Bertz CT molecular complexity index is 867. The van der Waals surface area contributed by atoms with Crippen LogP contribution in [0.25, 0.3) is 5.69 Å². The molecule has 1 aromatic carbocycles. The third-order valence-electron chi connectivity index (χ3n) is 4.02. The number of carboxylic acids is 1. The number of carbonyl (C=O) groups is 1. The van der Waals surface area contributed by atoms with Gasteiger partial charge in [0.2, 0.25) is 0 Å². The lowest BCUT2D eigenvalue weighted by Gasteiger charge is -2.19. The molecule has 0 atom stereocenters. The smallest absolute Gasteiger partial charge is 0.342 e. The summed E-state index contributed by atoms with van der Waals surface area (Å²) in [4.78, 5) is 38.5. The van der Waals surface area contributed by atoms with E-state index in [0.29, 0.717) is 6.54 Å². The van der Waals surface area contributed by atoms with Crippen LogP contribution in [0.4, 0.5) is 4.39 Å². The fourth-order valence-electron chi connectivity index (χ4n) is 2.52. The van der Waals surface area contributed by atoms with Crippen LogP contribution in [0, 0.1) is 5.82 Å². The van der Waals surface area contributed by atoms with Crippen LogP contribution >= 0.6 is 0 Å². The maximum atomic E-state index is 13.1. The molecule has 0 unspecified atom stereocenters. The van der Waals surface area contributed by atoms with Crippen LogP contribution in [0.15, 0.2) is 40.1 Å². The maximum absolute atomic E-state index is 13.1. The zero-order valence-electron chi connectivity index (χ0n) is 14.1. The summed E-state index contributed by atoms with van der Waals surface area (Å²) in [6, 6.07) is 4.74. The van der Waals surface area contributed by atoms with Gasteiger partial charge in [-0.05, 0) is 37.4 Å². The van der Waals surface area contributed by atoms with Gasteiger partial charge in [0.05, 0.1) is 5.69 Å². The predicted molar refractivity (Wildman–Crippen MR) is 91.0 cm³/mol. The van der Waals surface area contributed by atoms with E-state index in [1.807, 2.05) is 13.8 Å².